The number of amides is 2. The molecule has 0 spiro atoms. The average Bonchev–Trinajstić information content (AvgIpc) is 1.91. The van der Waals surface area contributed by atoms with Gasteiger partial charge in [0.15, 0.2) is 11.6 Å². The summed E-state index contributed by atoms with van der Waals surface area (Å²) in [5.74, 6) is 1.49. The Morgan fingerprint density at radius 3 is 1.37 bits per heavy atom. The van der Waals surface area contributed by atoms with Crippen LogP contribution in [0.3, 0.4) is 0 Å². The van der Waals surface area contributed by atoms with Gasteiger partial charge in [0.05, 0.1) is 72.2 Å². The number of carbonyl (C=O) groups is 5. The van der Waals surface area contributed by atoms with Crippen LogP contribution in [0.15, 0.2) is 69.5 Å². The van der Waals surface area contributed by atoms with Crippen molar-refractivity contribution in [2.24, 2.45) is 23.2 Å². The smallest absolute Gasteiger partial charge is 0.466 e. The summed E-state index contributed by atoms with van der Waals surface area (Å²) in [6, 6.07) is 18.4. The number of nitrogens with zero attached hydrogens (tertiary/aromatic N) is 4. The maximum Gasteiger partial charge on any atom is 1.00 e. The van der Waals surface area contributed by atoms with Crippen LogP contribution >= 0.6 is 45.2 Å². The summed E-state index contributed by atoms with van der Waals surface area (Å²) in [4.78, 5) is 67.9. The summed E-state index contributed by atoms with van der Waals surface area (Å²) in [6.45, 7) is 29.8. The first-order chi connectivity index (χ1) is 41.6. The number of benzene rings is 2. The van der Waals surface area contributed by atoms with E-state index in [1.54, 1.807) is 39.8 Å². The van der Waals surface area contributed by atoms with Crippen LogP contribution in [-0.2, 0) is 43.9 Å². The second kappa shape index (κ2) is 39.4. The number of anilines is 2. The summed E-state index contributed by atoms with van der Waals surface area (Å²) in [6.07, 6.45) is 6.53. The molecule has 2 aromatic carbocycles. The Bertz CT molecular complexity index is 3490. The molecule has 0 saturated carbocycles. The zero-order chi connectivity index (χ0) is 67.7. The number of aromatic nitrogens is 2. The van der Waals surface area contributed by atoms with Gasteiger partial charge in [0.2, 0.25) is 31.5 Å². The number of unbranched alkanes of at least 4 members (excludes halogenated alkanes) is 2. The fourth-order valence-corrected chi connectivity index (χ4v) is 12.1. The summed E-state index contributed by atoms with van der Waals surface area (Å²) in [5.41, 5.74) is 3.30. The molecule has 6 aromatic rings. The monoisotopic (exact) mass is 1510 g/mol. The number of pyridine rings is 2. The van der Waals surface area contributed by atoms with Crippen molar-refractivity contribution in [3.63, 3.8) is 0 Å². The van der Waals surface area contributed by atoms with Crippen molar-refractivity contribution in [1.82, 2.24) is 20.6 Å². The van der Waals surface area contributed by atoms with Crippen LogP contribution in [-0.4, -0.2) is 121 Å². The van der Waals surface area contributed by atoms with E-state index in [4.69, 9.17) is 13.6 Å². The molecule has 90 heavy (non-hydrogen) atoms. The third-order valence-electron chi connectivity index (χ3n) is 13.3. The first kappa shape index (κ1) is 82.9. The van der Waals surface area contributed by atoms with Gasteiger partial charge < -0.3 is 45.8 Å². The van der Waals surface area contributed by atoms with E-state index >= 15 is 0 Å². The number of nitrogens with one attached hydrogen (secondary N) is 2. The molecule has 0 bridgehead atoms. The Kier molecular flexibility index (Phi) is 36.3. The predicted molar refractivity (Wildman–Crippen MR) is 372 cm³/mol. The molecular weight excluding hydrogens is 1410 g/mol. The van der Waals surface area contributed by atoms with Gasteiger partial charge in [-0.25, -0.2) is 16.8 Å². The van der Waals surface area contributed by atoms with Crippen molar-refractivity contribution in [2.45, 2.75) is 141 Å². The number of sulfonamides is 2. The number of rotatable bonds is 24. The van der Waals surface area contributed by atoms with Crippen molar-refractivity contribution in [3.05, 3.63) is 97.0 Å². The average molecular weight is 1510 g/mol. The Morgan fingerprint density at radius 1 is 0.700 bits per heavy atom. The summed E-state index contributed by atoms with van der Waals surface area (Å²) in [7, 11) is -4.36. The number of carbonyl (C=O) groups excluding carboxylic acids is 5. The molecule has 0 aliphatic heterocycles. The van der Waals surface area contributed by atoms with Crippen LogP contribution in [0.4, 0.5) is 11.6 Å². The Hall–Kier alpha value is -5.11. The van der Waals surface area contributed by atoms with Crippen molar-refractivity contribution >= 4 is 129 Å². The third kappa shape index (κ3) is 25.1. The molecule has 1 unspecified atom stereocenters. The van der Waals surface area contributed by atoms with Gasteiger partial charge >= 0.3 is 30.8 Å². The van der Waals surface area contributed by atoms with Crippen molar-refractivity contribution < 1.29 is 83.1 Å². The number of esters is 2. The second-order valence-corrected chi connectivity index (χ2v) is 28.8. The van der Waals surface area contributed by atoms with Gasteiger partial charge in [-0.05, 0) is 136 Å². The minimum absolute atomic E-state index is 0. The number of halogens is 2. The standard InChI is InChI=1S/C27H34IN3O7S.C21H22IN3O5S.C7H16.C6H12O2.C4H9.Li/c1-7-37-26(34)27(3,4)20(32)9-8-14-31(39(6,35)36)23-19(28)15-18-21(24(33)29-5)22(38-25(18)30-23)17-12-10-16(2)11-13-17;1-13-6-8-14(9-7-13)18-17(20(27)23-2)15-12-16(22)19(24-21(15)30-18)25(31(3,28)29)10-4-5-11-26;1-6(2)5-7(3)4;1-4-8-6(7)5(2)3;1-3-4-2;/h10-13,15,20,32H,7-9,14H2,1-6H3,(H,29,33);6-9,11-12H,4-5,10H2,1-3H3,(H,23,27);6-7H,5H2,1-4H3;5H,4H2,1-3H3;1,3-4H2,2H3;/q;;;;-1;+1. The number of ether oxygens (including phenoxy) is 2. The van der Waals surface area contributed by atoms with E-state index in [0.717, 1.165) is 56.8 Å². The van der Waals surface area contributed by atoms with Gasteiger partial charge in [0, 0.05) is 44.7 Å². The number of hydrogen-bond acceptors (Lipinski definition) is 16. The minimum Gasteiger partial charge on any atom is -0.466 e. The Morgan fingerprint density at radius 2 is 1.08 bits per heavy atom. The van der Waals surface area contributed by atoms with Crippen LogP contribution in [0.1, 0.15) is 153 Å². The number of fused-ring (bicyclic) bond motifs is 2. The van der Waals surface area contributed by atoms with Crippen LogP contribution in [0.25, 0.3) is 44.8 Å². The molecule has 25 heteroatoms. The number of hydrogen-bond donors (Lipinski definition) is 3. The number of aliphatic hydroxyl groups excluding tert-OH is 1. The van der Waals surface area contributed by atoms with Crippen LogP contribution in [0.2, 0.25) is 0 Å². The van der Waals surface area contributed by atoms with Gasteiger partial charge in [-0.1, -0.05) is 115 Å². The summed E-state index contributed by atoms with van der Waals surface area (Å²) >= 11 is 3.98. The molecule has 0 fully saturated rings. The van der Waals surface area contributed by atoms with Gasteiger partial charge in [0.1, 0.15) is 17.8 Å². The van der Waals surface area contributed by atoms with Crippen molar-refractivity contribution in [3.8, 4) is 22.6 Å². The maximum absolute atomic E-state index is 12.8. The largest absolute Gasteiger partial charge is 1.00 e. The predicted octanol–water partition coefficient (Wildman–Crippen LogP) is 10.3. The Balaban J connectivity index is 0.000000700. The number of aliphatic hydroxyl groups is 1. The fourth-order valence-electron chi connectivity index (χ4n) is 8.52. The molecule has 6 rings (SSSR count). The zero-order valence-corrected chi connectivity index (χ0v) is 61.7. The van der Waals surface area contributed by atoms with Crippen LogP contribution in [0.5, 0.6) is 0 Å². The number of furan rings is 2. The summed E-state index contributed by atoms with van der Waals surface area (Å²) in [5, 5.41) is 16.9. The molecule has 4 heterocycles. The normalized spacial score (nSPS) is 11.6. The fraction of sp³-hybridized carbons (Fsp3) is 0.508. The molecular formula is C65H93I2LiN6O14S2. The van der Waals surface area contributed by atoms with E-state index in [1.165, 1.54) is 26.9 Å². The third-order valence-corrected chi connectivity index (χ3v) is 17.2. The van der Waals surface area contributed by atoms with Gasteiger partial charge in [-0.2, -0.15) is 16.4 Å². The van der Waals surface area contributed by atoms with Crippen molar-refractivity contribution in [1.29, 1.82) is 0 Å². The van der Waals surface area contributed by atoms with Crippen LogP contribution < -0.4 is 38.1 Å². The first-order valence-corrected chi connectivity index (χ1v) is 35.5. The molecule has 3 N–H and O–H groups in total. The minimum atomic E-state index is -3.78. The topological polar surface area (TPSA) is 275 Å². The van der Waals surface area contributed by atoms with Crippen LogP contribution in [0, 0.1) is 51.1 Å². The van der Waals surface area contributed by atoms with Gasteiger partial charge in [-0.3, -0.25) is 27.8 Å². The molecule has 2 amide bonds. The second-order valence-electron chi connectivity index (χ2n) is 22.7. The summed E-state index contributed by atoms with van der Waals surface area (Å²) < 4.78 is 75.5. The molecule has 1 atom stereocenters. The molecule has 4 aromatic heterocycles. The molecule has 0 saturated heterocycles. The molecule has 494 valence electrons. The van der Waals surface area contributed by atoms with E-state index in [0.29, 0.717) is 64.7 Å². The quantitative estimate of drug-likeness (QED) is 0.0127. The Labute approximate surface area is 573 Å². The van der Waals surface area contributed by atoms with E-state index in [2.05, 4.69) is 66.9 Å². The van der Waals surface area contributed by atoms with E-state index in [1.807, 2.05) is 121 Å². The van der Waals surface area contributed by atoms with E-state index in [-0.39, 0.29) is 105 Å². The SMILES string of the molecule is CC(C)CC(C)C.CCOC(=O)C(C)(C)C(O)CCCN(c1nc2oc(-c3ccc(C)cc3)c(C(=O)NC)c2cc1I)S(C)(=O)=O.CCOC(=O)C(C)C.CNC(=O)c1c(-c2ccc(C)cc2)oc2nc(N(CCCC=O)S(C)(=O)=O)c(I)cc12.[CH2-]CCC.[Li+]. The molecule has 0 radical (unpaired) electrons. The molecule has 0 aliphatic rings. The van der Waals surface area contributed by atoms with E-state index in [9.17, 15) is 45.9 Å². The number of aryl methyl sites for hydroxylation is 2. The maximum atomic E-state index is 12.8. The molecule has 20 nitrogen and oxygen atoms in total. The first-order valence-electron chi connectivity index (χ1n) is 29.7. The molecule has 0 aliphatic carbocycles. The van der Waals surface area contributed by atoms with Gasteiger partial charge in [0.25, 0.3) is 11.8 Å². The van der Waals surface area contributed by atoms with Crippen molar-refractivity contribution in [2.75, 3.05) is 61.5 Å². The number of aldehydes is 1. The van der Waals surface area contributed by atoms with Gasteiger partial charge in [-0.15, -0.1) is 0 Å². The zero-order valence-electron chi connectivity index (χ0n) is 55.8. The van der Waals surface area contributed by atoms with E-state index < -0.39 is 37.5 Å².